The minimum absolute atomic E-state index is 0.153. The van der Waals surface area contributed by atoms with Gasteiger partial charge in [-0.15, -0.1) is 0 Å². The number of carbonyl (C=O) groups excluding carboxylic acids is 1. The van der Waals surface area contributed by atoms with Crippen molar-refractivity contribution >= 4 is 5.91 Å². The van der Waals surface area contributed by atoms with Gasteiger partial charge in [0.1, 0.15) is 0 Å². The quantitative estimate of drug-likeness (QED) is 0.657. The number of benzene rings is 1. The fraction of sp³-hybridized carbons (Fsp3) is 0.320. The summed E-state index contributed by atoms with van der Waals surface area (Å²) in [5.74, 6) is 0.153. The van der Waals surface area contributed by atoms with Gasteiger partial charge >= 0.3 is 0 Å². The fourth-order valence-electron chi connectivity index (χ4n) is 4.36. The van der Waals surface area contributed by atoms with Crippen LogP contribution in [0.2, 0.25) is 0 Å². The van der Waals surface area contributed by atoms with Gasteiger partial charge in [0.15, 0.2) is 0 Å². The Bertz CT molecular complexity index is 977. The lowest BCUT2D eigenvalue weighted by molar-refractivity contribution is -0.130. The summed E-state index contributed by atoms with van der Waals surface area (Å²) in [6, 6.07) is 18.5. The highest BCUT2D eigenvalue weighted by atomic mass is 16.2. The zero-order valence-corrected chi connectivity index (χ0v) is 17.4. The number of hydrogen-bond donors (Lipinski definition) is 1. The summed E-state index contributed by atoms with van der Waals surface area (Å²) in [7, 11) is 0. The summed E-state index contributed by atoms with van der Waals surface area (Å²) in [5, 5.41) is 3.09. The molecule has 0 aliphatic carbocycles. The molecule has 0 spiro atoms. The van der Waals surface area contributed by atoms with E-state index >= 15 is 0 Å². The zero-order valence-electron chi connectivity index (χ0n) is 17.4. The Morgan fingerprint density at radius 3 is 2.77 bits per heavy atom. The molecule has 154 valence electrons. The van der Waals surface area contributed by atoms with E-state index in [0.717, 1.165) is 49.3 Å². The Morgan fingerprint density at radius 1 is 1.10 bits per heavy atom. The molecule has 1 unspecified atom stereocenters. The Hall–Kier alpha value is -3.05. The minimum Gasteiger partial charge on any atom is -0.356 e. The average molecular weight is 401 g/mol. The van der Waals surface area contributed by atoms with Crippen LogP contribution in [-0.2, 0) is 17.8 Å². The Morgan fingerprint density at radius 2 is 2.00 bits per heavy atom. The van der Waals surface area contributed by atoms with E-state index in [-0.39, 0.29) is 5.91 Å². The highest BCUT2D eigenvalue weighted by molar-refractivity contribution is 5.83. The number of likely N-dealkylation sites (tertiary alicyclic amines) is 1. The number of rotatable bonds is 7. The van der Waals surface area contributed by atoms with Crippen LogP contribution in [-0.4, -0.2) is 40.4 Å². The van der Waals surface area contributed by atoms with E-state index in [2.05, 4.69) is 50.5 Å². The average Bonchev–Trinajstić information content (AvgIpc) is 3.19. The van der Waals surface area contributed by atoms with Crippen LogP contribution in [0.15, 0.2) is 73.2 Å². The largest absolute Gasteiger partial charge is 0.356 e. The number of hydrogen-bond acceptors (Lipinski definition) is 4. The van der Waals surface area contributed by atoms with Crippen molar-refractivity contribution in [3.05, 3.63) is 84.4 Å². The number of amides is 1. The molecule has 1 amide bonds. The fourth-order valence-corrected chi connectivity index (χ4v) is 4.36. The molecular weight excluding hydrogens is 372 g/mol. The SMILES string of the molecule is CCNC(=O)C1(Cc2cccc(-c3cccnc3)c2)CCN(Cc2ccccn2)C1. The second-order valence-electron chi connectivity index (χ2n) is 8.04. The lowest BCUT2D eigenvalue weighted by atomic mass is 9.79. The molecule has 1 atom stereocenters. The van der Waals surface area contributed by atoms with Crippen molar-refractivity contribution in [1.29, 1.82) is 0 Å². The van der Waals surface area contributed by atoms with Crippen molar-refractivity contribution in [3.63, 3.8) is 0 Å². The van der Waals surface area contributed by atoms with Gasteiger partial charge in [-0.2, -0.15) is 0 Å². The predicted octanol–water partition coefficient (Wildman–Crippen LogP) is 3.71. The molecule has 1 aromatic carbocycles. The Balaban J connectivity index is 1.56. The highest BCUT2D eigenvalue weighted by Crippen LogP contribution is 2.36. The topological polar surface area (TPSA) is 58.1 Å². The second-order valence-corrected chi connectivity index (χ2v) is 8.04. The summed E-state index contributed by atoms with van der Waals surface area (Å²) in [5.41, 5.74) is 4.04. The molecule has 5 nitrogen and oxygen atoms in total. The second kappa shape index (κ2) is 9.18. The maximum Gasteiger partial charge on any atom is 0.227 e. The zero-order chi connectivity index (χ0) is 20.8. The molecule has 0 radical (unpaired) electrons. The van der Waals surface area contributed by atoms with E-state index in [9.17, 15) is 4.79 Å². The van der Waals surface area contributed by atoms with Gasteiger partial charge < -0.3 is 5.32 Å². The van der Waals surface area contributed by atoms with Crippen molar-refractivity contribution in [2.45, 2.75) is 26.3 Å². The molecule has 1 fully saturated rings. The third kappa shape index (κ3) is 4.57. The maximum atomic E-state index is 13.2. The molecule has 3 heterocycles. The number of aromatic nitrogens is 2. The number of carbonyl (C=O) groups is 1. The highest BCUT2D eigenvalue weighted by Gasteiger charge is 2.44. The van der Waals surface area contributed by atoms with Crippen molar-refractivity contribution in [1.82, 2.24) is 20.2 Å². The van der Waals surface area contributed by atoms with Crippen molar-refractivity contribution in [3.8, 4) is 11.1 Å². The lowest BCUT2D eigenvalue weighted by Crippen LogP contribution is -2.44. The summed E-state index contributed by atoms with van der Waals surface area (Å²) >= 11 is 0. The predicted molar refractivity (Wildman–Crippen MR) is 119 cm³/mol. The van der Waals surface area contributed by atoms with Crippen LogP contribution >= 0.6 is 0 Å². The van der Waals surface area contributed by atoms with Crippen LogP contribution < -0.4 is 5.32 Å². The van der Waals surface area contributed by atoms with Gasteiger partial charge in [-0.05, 0) is 61.2 Å². The van der Waals surface area contributed by atoms with E-state index in [0.29, 0.717) is 6.54 Å². The van der Waals surface area contributed by atoms with E-state index in [4.69, 9.17) is 0 Å². The van der Waals surface area contributed by atoms with Crippen LogP contribution in [0.3, 0.4) is 0 Å². The van der Waals surface area contributed by atoms with Gasteiger partial charge in [0, 0.05) is 38.2 Å². The van der Waals surface area contributed by atoms with Gasteiger partial charge in [-0.25, -0.2) is 0 Å². The van der Waals surface area contributed by atoms with E-state index in [1.54, 1.807) is 6.20 Å². The molecule has 5 heteroatoms. The molecule has 0 saturated carbocycles. The van der Waals surface area contributed by atoms with Crippen LogP contribution in [0, 0.1) is 5.41 Å². The van der Waals surface area contributed by atoms with Crippen molar-refractivity contribution in [2.24, 2.45) is 5.41 Å². The van der Waals surface area contributed by atoms with Gasteiger partial charge in [0.05, 0.1) is 11.1 Å². The van der Waals surface area contributed by atoms with Gasteiger partial charge in [-0.1, -0.05) is 36.4 Å². The standard InChI is InChI=1S/C25H28N4O/c1-2-27-24(30)25(11-14-29(19-25)18-23-10-3-4-13-28-23)16-20-7-5-8-21(15-20)22-9-6-12-26-17-22/h3-10,12-13,15,17H,2,11,14,16,18-19H2,1H3,(H,27,30). The number of nitrogens with zero attached hydrogens (tertiary/aromatic N) is 3. The van der Waals surface area contributed by atoms with Crippen molar-refractivity contribution in [2.75, 3.05) is 19.6 Å². The summed E-state index contributed by atoms with van der Waals surface area (Å²) < 4.78 is 0. The Kier molecular flexibility index (Phi) is 6.19. The third-order valence-electron chi connectivity index (χ3n) is 5.83. The van der Waals surface area contributed by atoms with E-state index < -0.39 is 5.41 Å². The summed E-state index contributed by atoms with van der Waals surface area (Å²) in [6.45, 7) is 5.05. The van der Waals surface area contributed by atoms with Gasteiger partial charge in [0.2, 0.25) is 5.91 Å². The lowest BCUT2D eigenvalue weighted by Gasteiger charge is -2.28. The van der Waals surface area contributed by atoms with Crippen LogP contribution in [0.4, 0.5) is 0 Å². The molecule has 3 aromatic rings. The molecule has 1 N–H and O–H groups in total. The summed E-state index contributed by atoms with van der Waals surface area (Å²) in [6.07, 6.45) is 7.07. The Labute approximate surface area is 178 Å². The molecule has 1 aliphatic rings. The first-order valence-electron chi connectivity index (χ1n) is 10.6. The molecule has 30 heavy (non-hydrogen) atoms. The maximum absolute atomic E-state index is 13.2. The number of nitrogens with one attached hydrogen (secondary N) is 1. The van der Waals surface area contributed by atoms with Crippen LogP contribution in [0.5, 0.6) is 0 Å². The molecule has 0 bridgehead atoms. The molecule has 4 rings (SSSR count). The first kappa shape index (κ1) is 20.2. The van der Waals surface area contributed by atoms with Crippen LogP contribution in [0.1, 0.15) is 24.6 Å². The van der Waals surface area contributed by atoms with E-state index in [1.807, 2.05) is 43.6 Å². The number of pyridine rings is 2. The minimum atomic E-state index is -0.418. The monoisotopic (exact) mass is 400 g/mol. The van der Waals surface area contributed by atoms with E-state index in [1.165, 1.54) is 5.56 Å². The molecular formula is C25H28N4O. The third-order valence-corrected chi connectivity index (χ3v) is 5.83. The smallest absolute Gasteiger partial charge is 0.227 e. The van der Waals surface area contributed by atoms with Gasteiger partial charge in [0.25, 0.3) is 0 Å². The van der Waals surface area contributed by atoms with Crippen LogP contribution in [0.25, 0.3) is 11.1 Å². The van der Waals surface area contributed by atoms with Crippen molar-refractivity contribution < 1.29 is 4.79 Å². The normalized spacial score (nSPS) is 19.0. The molecule has 1 saturated heterocycles. The first-order chi connectivity index (χ1) is 14.7. The van der Waals surface area contributed by atoms with Gasteiger partial charge in [-0.3, -0.25) is 19.7 Å². The summed E-state index contributed by atoms with van der Waals surface area (Å²) in [4.78, 5) is 24.2. The molecule has 2 aromatic heterocycles. The first-order valence-corrected chi connectivity index (χ1v) is 10.6. The molecule has 1 aliphatic heterocycles.